The standard InChI is InChI=1S/C7H5N3O6/c1-4-2-5(8(11)12)7(10(15)16)6(3-4)9(13)14/h2-3H,1H3. The molecule has 1 rings (SSSR count). The molecule has 0 aromatic heterocycles. The van der Waals surface area contributed by atoms with E-state index in [2.05, 4.69) is 0 Å². The Labute approximate surface area is 87.8 Å². The van der Waals surface area contributed by atoms with Crippen molar-refractivity contribution in [3.63, 3.8) is 0 Å². The fraction of sp³-hybridized carbons (Fsp3) is 0.143. The van der Waals surface area contributed by atoms with Gasteiger partial charge < -0.3 is 0 Å². The molecular formula is C7H5N3O6. The van der Waals surface area contributed by atoms with E-state index in [1.165, 1.54) is 6.92 Å². The molecule has 0 aliphatic carbocycles. The summed E-state index contributed by atoms with van der Waals surface area (Å²) < 4.78 is 0. The minimum atomic E-state index is -1.13. The summed E-state index contributed by atoms with van der Waals surface area (Å²) in [5.74, 6) is 0. The van der Waals surface area contributed by atoms with Crippen molar-refractivity contribution in [3.8, 4) is 0 Å². The quantitative estimate of drug-likeness (QED) is 0.570. The van der Waals surface area contributed by atoms with Crippen LogP contribution in [0.4, 0.5) is 17.1 Å². The Kier molecular flexibility index (Phi) is 2.79. The number of rotatable bonds is 3. The SMILES string of the molecule is Cc1cc([N+](=O)[O-])c([N+](=O)[O-])c([N+](=O)[O-])c1. The zero-order chi connectivity index (χ0) is 12.5. The lowest BCUT2D eigenvalue weighted by Crippen LogP contribution is -2.02. The van der Waals surface area contributed by atoms with Gasteiger partial charge >= 0.3 is 17.1 Å². The molecule has 1 aromatic rings. The molecule has 0 amide bonds. The third kappa shape index (κ3) is 1.92. The first kappa shape index (κ1) is 11.5. The smallest absolute Gasteiger partial charge is 0.258 e. The van der Waals surface area contributed by atoms with Crippen molar-refractivity contribution in [2.24, 2.45) is 0 Å². The average molecular weight is 227 g/mol. The Morgan fingerprint density at radius 3 is 1.50 bits per heavy atom. The van der Waals surface area contributed by atoms with Crippen LogP contribution in [0.5, 0.6) is 0 Å². The maximum absolute atomic E-state index is 10.6. The fourth-order valence-electron chi connectivity index (χ4n) is 1.21. The Morgan fingerprint density at radius 1 is 0.875 bits per heavy atom. The topological polar surface area (TPSA) is 129 Å². The molecule has 0 atom stereocenters. The normalized spacial score (nSPS) is 9.81. The van der Waals surface area contributed by atoms with Crippen LogP contribution in [0.1, 0.15) is 5.56 Å². The minimum Gasteiger partial charge on any atom is -0.258 e. The van der Waals surface area contributed by atoms with Gasteiger partial charge in [-0.25, -0.2) is 0 Å². The molecule has 0 N–H and O–H groups in total. The first-order valence-corrected chi connectivity index (χ1v) is 3.92. The number of aryl methyl sites for hydroxylation is 1. The van der Waals surface area contributed by atoms with Crippen LogP contribution in [0.2, 0.25) is 0 Å². The molecule has 0 radical (unpaired) electrons. The third-order valence-electron chi connectivity index (χ3n) is 1.79. The van der Waals surface area contributed by atoms with Crippen molar-refractivity contribution in [2.75, 3.05) is 0 Å². The van der Waals surface area contributed by atoms with Crippen molar-refractivity contribution >= 4 is 17.1 Å². The lowest BCUT2D eigenvalue weighted by Gasteiger charge is -1.98. The molecule has 1 aromatic carbocycles. The van der Waals surface area contributed by atoms with E-state index in [4.69, 9.17) is 0 Å². The van der Waals surface area contributed by atoms with E-state index in [1.807, 2.05) is 0 Å². The molecule has 0 unspecified atom stereocenters. The van der Waals surface area contributed by atoms with E-state index >= 15 is 0 Å². The van der Waals surface area contributed by atoms with Gasteiger partial charge in [0.1, 0.15) is 0 Å². The molecule has 0 saturated heterocycles. The summed E-state index contributed by atoms with van der Waals surface area (Å²) in [7, 11) is 0. The van der Waals surface area contributed by atoms with Crippen molar-refractivity contribution < 1.29 is 14.8 Å². The van der Waals surface area contributed by atoms with Crippen LogP contribution >= 0.6 is 0 Å². The van der Waals surface area contributed by atoms with Crippen molar-refractivity contribution in [2.45, 2.75) is 6.92 Å². The molecule has 0 saturated carbocycles. The Balaban J connectivity index is 3.67. The molecule has 9 heteroatoms. The molecule has 84 valence electrons. The van der Waals surface area contributed by atoms with Gasteiger partial charge in [-0.05, 0) is 12.5 Å². The van der Waals surface area contributed by atoms with Gasteiger partial charge in [-0.3, -0.25) is 30.3 Å². The monoisotopic (exact) mass is 227 g/mol. The van der Waals surface area contributed by atoms with Gasteiger partial charge in [-0.2, -0.15) is 0 Å². The molecule has 9 nitrogen and oxygen atoms in total. The Morgan fingerprint density at radius 2 is 1.25 bits per heavy atom. The number of nitro groups is 3. The maximum Gasteiger partial charge on any atom is 0.422 e. The summed E-state index contributed by atoms with van der Waals surface area (Å²) >= 11 is 0. The zero-order valence-corrected chi connectivity index (χ0v) is 7.95. The highest BCUT2D eigenvalue weighted by atomic mass is 16.6. The van der Waals surface area contributed by atoms with Gasteiger partial charge in [0, 0.05) is 12.1 Å². The average Bonchev–Trinajstić information content (AvgIpc) is 2.15. The summed E-state index contributed by atoms with van der Waals surface area (Å²) in [6, 6.07) is 1.84. The second-order valence-electron chi connectivity index (χ2n) is 2.92. The van der Waals surface area contributed by atoms with Gasteiger partial charge in [-0.1, -0.05) is 0 Å². The van der Waals surface area contributed by atoms with Gasteiger partial charge in [0.05, 0.1) is 14.8 Å². The predicted molar refractivity (Wildman–Crippen MR) is 51.1 cm³/mol. The van der Waals surface area contributed by atoms with Crippen molar-refractivity contribution in [1.82, 2.24) is 0 Å². The lowest BCUT2D eigenvalue weighted by atomic mass is 10.1. The van der Waals surface area contributed by atoms with Crippen LogP contribution in [0, 0.1) is 37.3 Å². The van der Waals surface area contributed by atoms with E-state index < -0.39 is 31.8 Å². The number of hydrogen-bond acceptors (Lipinski definition) is 6. The van der Waals surface area contributed by atoms with Gasteiger partial charge in [0.2, 0.25) is 0 Å². The molecule has 0 aliphatic heterocycles. The van der Waals surface area contributed by atoms with Gasteiger partial charge in [0.15, 0.2) is 0 Å². The summed E-state index contributed by atoms with van der Waals surface area (Å²) in [5.41, 5.74) is -2.64. The molecule has 0 aliphatic rings. The van der Waals surface area contributed by atoms with E-state index in [0.29, 0.717) is 0 Å². The maximum atomic E-state index is 10.6. The highest BCUT2D eigenvalue weighted by Gasteiger charge is 2.35. The van der Waals surface area contributed by atoms with Crippen LogP contribution in [0.25, 0.3) is 0 Å². The number of nitrogens with zero attached hydrogens (tertiary/aromatic N) is 3. The highest BCUT2D eigenvalue weighted by Crippen LogP contribution is 2.36. The Hall–Kier alpha value is -2.58. The molecule has 0 spiro atoms. The summed E-state index contributed by atoms with van der Waals surface area (Å²) in [6.07, 6.45) is 0. The highest BCUT2D eigenvalue weighted by molar-refractivity contribution is 5.67. The predicted octanol–water partition coefficient (Wildman–Crippen LogP) is 1.72. The fourth-order valence-corrected chi connectivity index (χ4v) is 1.21. The molecule has 0 heterocycles. The van der Waals surface area contributed by atoms with Crippen LogP contribution in [0.15, 0.2) is 12.1 Å². The number of benzene rings is 1. The van der Waals surface area contributed by atoms with Gasteiger partial charge in [0.25, 0.3) is 0 Å². The van der Waals surface area contributed by atoms with Crippen molar-refractivity contribution in [3.05, 3.63) is 48.0 Å². The van der Waals surface area contributed by atoms with Crippen LogP contribution in [0.3, 0.4) is 0 Å². The molecule has 0 bridgehead atoms. The van der Waals surface area contributed by atoms with E-state index in [0.717, 1.165) is 12.1 Å². The second kappa shape index (κ2) is 3.88. The van der Waals surface area contributed by atoms with Crippen LogP contribution in [-0.4, -0.2) is 14.8 Å². The lowest BCUT2D eigenvalue weighted by molar-refractivity contribution is -0.441. The van der Waals surface area contributed by atoms with E-state index in [-0.39, 0.29) is 5.56 Å². The summed E-state index contributed by atoms with van der Waals surface area (Å²) in [5, 5.41) is 31.6. The van der Waals surface area contributed by atoms with Crippen LogP contribution in [-0.2, 0) is 0 Å². The van der Waals surface area contributed by atoms with Gasteiger partial charge in [-0.15, -0.1) is 0 Å². The summed E-state index contributed by atoms with van der Waals surface area (Å²) in [6.45, 7) is 1.38. The third-order valence-corrected chi connectivity index (χ3v) is 1.79. The molecule has 16 heavy (non-hydrogen) atoms. The van der Waals surface area contributed by atoms with Crippen LogP contribution < -0.4 is 0 Å². The van der Waals surface area contributed by atoms with E-state index in [1.54, 1.807) is 0 Å². The molecular weight excluding hydrogens is 222 g/mol. The summed E-state index contributed by atoms with van der Waals surface area (Å²) in [4.78, 5) is 28.5. The number of nitro benzene ring substituents is 3. The largest absolute Gasteiger partial charge is 0.422 e. The first-order valence-electron chi connectivity index (χ1n) is 3.92. The van der Waals surface area contributed by atoms with Crippen molar-refractivity contribution in [1.29, 1.82) is 0 Å². The second-order valence-corrected chi connectivity index (χ2v) is 2.92. The van der Waals surface area contributed by atoms with E-state index in [9.17, 15) is 30.3 Å². The number of hydrogen-bond donors (Lipinski definition) is 0. The molecule has 0 fully saturated rings. The zero-order valence-electron chi connectivity index (χ0n) is 7.95. The first-order chi connectivity index (χ1) is 7.34. The Bertz CT molecular complexity index is 462. The minimum absolute atomic E-state index is 0.212.